The van der Waals surface area contributed by atoms with Crippen molar-refractivity contribution in [1.82, 2.24) is 15.2 Å². The maximum atomic E-state index is 12.0. The lowest BCUT2D eigenvalue weighted by Crippen LogP contribution is -2.39. The van der Waals surface area contributed by atoms with Gasteiger partial charge in [-0.05, 0) is 60.8 Å². The summed E-state index contributed by atoms with van der Waals surface area (Å²) >= 11 is 3.30. The Hall–Kier alpha value is -0.940. The van der Waals surface area contributed by atoms with Gasteiger partial charge < -0.3 is 10.2 Å². The summed E-state index contributed by atoms with van der Waals surface area (Å²) < 4.78 is 0.599. The number of likely N-dealkylation sites (tertiary alicyclic amines) is 1. The fourth-order valence-corrected chi connectivity index (χ4v) is 3.05. The molecule has 1 aliphatic heterocycles. The number of nitrogens with one attached hydrogen (secondary N) is 1. The van der Waals surface area contributed by atoms with Crippen molar-refractivity contribution in [1.29, 1.82) is 0 Å². The molecule has 4 nitrogen and oxygen atoms in total. The van der Waals surface area contributed by atoms with E-state index in [2.05, 4.69) is 38.1 Å². The fraction of sp³-hybridized carbons (Fsp3) is 0.600. The van der Waals surface area contributed by atoms with Crippen LogP contribution >= 0.6 is 15.9 Å². The zero-order valence-electron chi connectivity index (χ0n) is 11.9. The SMILES string of the molecule is CC1CCCCN1CCCNC(=O)c1cccnc1Br. The number of amides is 1. The molecule has 1 saturated heterocycles. The van der Waals surface area contributed by atoms with Crippen molar-refractivity contribution in [2.75, 3.05) is 19.6 Å². The van der Waals surface area contributed by atoms with Gasteiger partial charge in [0.25, 0.3) is 5.91 Å². The molecule has 20 heavy (non-hydrogen) atoms. The van der Waals surface area contributed by atoms with Crippen molar-refractivity contribution in [3.8, 4) is 0 Å². The number of rotatable bonds is 5. The molecule has 1 aromatic rings. The number of aromatic nitrogens is 1. The molecule has 1 atom stereocenters. The van der Waals surface area contributed by atoms with Gasteiger partial charge in [-0.25, -0.2) is 4.98 Å². The molecule has 5 heteroatoms. The van der Waals surface area contributed by atoms with E-state index in [1.165, 1.54) is 25.8 Å². The van der Waals surface area contributed by atoms with Crippen LogP contribution in [0.5, 0.6) is 0 Å². The van der Waals surface area contributed by atoms with Crippen LogP contribution in [0, 0.1) is 0 Å². The summed E-state index contributed by atoms with van der Waals surface area (Å²) in [4.78, 5) is 18.6. The highest BCUT2D eigenvalue weighted by atomic mass is 79.9. The van der Waals surface area contributed by atoms with Gasteiger partial charge in [0.15, 0.2) is 0 Å². The first kappa shape index (κ1) is 15.4. The Balaban J connectivity index is 1.71. The lowest BCUT2D eigenvalue weighted by atomic mass is 10.0. The van der Waals surface area contributed by atoms with Crippen LogP contribution in [0.4, 0.5) is 0 Å². The number of hydrogen-bond donors (Lipinski definition) is 1. The Morgan fingerprint density at radius 2 is 2.40 bits per heavy atom. The predicted octanol–water partition coefficient (Wildman–Crippen LogP) is 2.84. The second-order valence-corrected chi connectivity index (χ2v) is 6.08. The molecule has 1 fully saturated rings. The van der Waals surface area contributed by atoms with Crippen LogP contribution < -0.4 is 5.32 Å². The highest BCUT2D eigenvalue weighted by Crippen LogP contribution is 2.16. The molecule has 110 valence electrons. The summed E-state index contributed by atoms with van der Waals surface area (Å²) in [5.74, 6) is -0.0586. The smallest absolute Gasteiger partial charge is 0.254 e. The van der Waals surface area contributed by atoms with Gasteiger partial charge in [0.1, 0.15) is 4.60 Å². The molecule has 0 spiro atoms. The molecule has 0 aromatic carbocycles. The highest BCUT2D eigenvalue weighted by molar-refractivity contribution is 9.10. The number of piperidine rings is 1. The third kappa shape index (κ3) is 4.28. The number of pyridine rings is 1. The molecule has 1 aliphatic rings. The topological polar surface area (TPSA) is 45.2 Å². The number of carbonyl (C=O) groups excluding carboxylic acids is 1. The van der Waals surface area contributed by atoms with E-state index in [-0.39, 0.29) is 5.91 Å². The van der Waals surface area contributed by atoms with Crippen molar-refractivity contribution in [2.45, 2.75) is 38.6 Å². The Morgan fingerprint density at radius 1 is 1.55 bits per heavy atom. The van der Waals surface area contributed by atoms with Gasteiger partial charge in [0.2, 0.25) is 0 Å². The first-order chi connectivity index (χ1) is 9.68. The van der Waals surface area contributed by atoms with E-state index in [1.807, 2.05) is 0 Å². The normalized spacial score (nSPS) is 19.8. The van der Waals surface area contributed by atoms with Gasteiger partial charge >= 0.3 is 0 Å². The first-order valence-electron chi connectivity index (χ1n) is 7.31. The van der Waals surface area contributed by atoms with Crippen molar-refractivity contribution in [2.24, 2.45) is 0 Å². The summed E-state index contributed by atoms with van der Waals surface area (Å²) in [5, 5.41) is 2.96. The van der Waals surface area contributed by atoms with Gasteiger partial charge in [-0.3, -0.25) is 4.79 Å². The van der Waals surface area contributed by atoms with E-state index in [0.717, 1.165) is 13.0 Å². The molecule has 1 unspecified atom stereocenters. The third-order valence-corrected chi connectivity index (χ3v) is 4.48. The molecule has 1 N–H and O–H groups in total. The maximum absolute atomic E-state index is 12.0. The lowest BCUT2D eigenvalue weighted by molar-refractivity contribution is 0.0947. The Labute approximate surface area is 129 Å². The molecule has 1 amide bonds. The second-order valence-electron chi connectivity index (χ2n) is 5.33. The van der Waals surface area contributed by atoms with Crippen LogP contribution in [0.15, 0.2) is 22.9 Å². The van der Waals surface area contributed by atoms with E-state index in [0.29, 0.717) is 22.8 Å². The molecule has 2 rings (SSSR count). The lowest BCUT2D eigenvalue weighted by Gasteiger charge is -2.33. The number of nitrogens with zero attached hydrogens (tertiary/aromatic N) is 2. The quantitative estimate of drug-likeness (QED) is 0.662. The zero-order valence-corrected chi connectivity index (χ0v) is 13.5. The van der Waals surface area contributed by atoms with Crippen LogP contribution in [0.2, 0.25) is 0 Å². The van der Waals surface area contributed by atoms with Gasteiger partial charge in [-0.2, -0.15) is 0 Å². The number of carbonyl (C=O) groups is 1. The summed E-state index contributed by atoms with van der Waals surface area (Å²) in [6.07, 6.45) is 6.62. The molecule has 1 aromatic heterocycles. The van der Waals surface area contributed by atoms with Crippen molar-refractivity contribution in [3.05, 3.63) is 28.5 Å². The molecule has 0 saturated carbocycles. The standard InChI is InChI=1S/C15H22BrN3O/c1-12-6-2-3-10-19(12)11-5-9-18-15(20)13-7-4-8-17-14(13)16/h4,7-8,12H,2-3,5-6,9-11H2,1H3,(H,18,20). The maximum Gasteiger partial charge on any atom is 0.254 e. The molecule has 0 bridgehead atoms. The summed E-state index contributed by atoms with van der Waals surface area (Å²) in [6, 6.07) is 4.24. The highest BCUT2D eigenvalue weighted by Gasteiger charge is 2.17. The zero-order chi connectivity index (χ0) is 14.4. The summed E-state index contributed by atoms with van der Waals surface area (Å²) in [5.41, 5.74) is 0.596. The van der Waals surface area contributed by atoms with Crippen molar-refractivity contribution >= 4 is 21.8 Å². The summed E-state index contributed by atoms with van der Waals surface area (Å²) in [7, 11) is 0. The van der Waals surface area contributed by atoms with E-state index in [4.69, 9.17) is 0 Å². The average Bonchev–Trinajstić information content (AvgIpc) is 2.45. The van der Waals surface area contributed by atoms with Crippen molar-refractivity contribution in [3.63, 3.8) is 0 Å². The van der Waals surface area contributed by atoms with Gasteiger partial charge in [0, 0.05) is 25.3 Å². The molecule has 0 aliphatic carbocycles. The Bertz CT molecular complexity index is 452. The Kier molecular flexibility index (Phi) is 5.98. The second kappa shape index (κ2) is 7.74. The molecular formula is C15H22BrN3O. The molecule has 2 heterocycles. The van der Waals surface area contributed by atoms with Crippen molar-refractivity contribution < 1.29 is 4.79 Å². The summed E-state index contributed by atoms with van der Waals surface area (Å²) in [6.45, 7) is 5.27. The van der Waals surface area contributed by atoms with Gasteiger partial charge in [-0.15, -0.1) is 0 Å². The van der Waals surface area contributed by atoms with Crippen LogP contribution in [0.25, 0.3) is 0 Å². The van der Waals surface area contributed by atoms with E-state index >= 15 is 0 Å². The minimum Gasteiger partial charge on any atom is -0.352 e. The van der Waals surface area contributed by atoms with E-state index < -0.39 is 0 Å². The molecular weight excluding hydrogens is 318 g/mol. The third-order valence-electron chi connectivity index (χ3n) is 3.85. The van der Waals surface area contributed by atoms with Crippen LogP contribution in [-0.4, -0.2) is 41.5 Å². The number of halogens is 1. The minimum absolute atomic E-state index is 0.0586. The molecule has 0 radical (unpaired) electrons. The first-order valence-corrected chi connectivity index (χ1v) is 8.10. The van der Waals surface area contributed by atoms with Crippen LogP contribution in [0.3, 0.4) is 0 Å². The van der Waals surface area contributed by atoms with Gasteiger partial charge in [-0.1, -0.05) is 6.42 Å². The largest absolute Gasteiger partial charge is 0.352 e. The minimum atomic E-state index is -0.0586. The fourth-order valence-electron chi connectivity index (χ4n) is 2.62. The average molecular weight is 340 g/mol. The monoisotopic (exact) mass is 339 g/mol. The number of hydrogen-bond acceptors (Lipinski definition) is 3. The van der Waals surface area contributed by atoms with E-state index in [1.54, 1.807) is 18.3 Å². The van der Waals surface area contributed by atoms with E-state index in [9.17, 15) is 4.79 Å². The predicted molar refractivity (Wildman–Crippen MR) is 83.8 cm³/mol. The Morgan fingerprint density at radius 3 is 3.15 bits per heavy atom. The van der Waals surface area contributed by atoms with Crippen LogP contribution in [0.1, 0.15) is 43.0 Å². The van der Waals surface area contributed by atoms with Gasteiger partial charge in [0.05, 0.1) is 5.56 Å². The van der Waals surface area contributed by atoms with Crippen LogP contribution in [-0.2, 0) is 0 Å².